The van der Waals surface area contributed by atoms with Gasteiger partial charge in [0.15, 0.2) is 0 Å². The molecule has 0 aliphatic rings. The smallest absolute Gasteiger partial charge is 0.405 e. The van der Waals surface area contributed by atoms with Crippen molar-refractivity contribution in [2.45, 2.75) is 12.6 Å². The van der Waals surface area contributed by atoms with Crippen molar-refractivity contribution in [3.05, 3.63) is 0 Å². The molecule has 1 N–H and O–H groups in total. The topological polar surface area (TPSA) is 58.6 Å². The number of hydrogen-bond donors (Lipinski definition) is 1. The number of urea groups is 1. The summed E-state index contributed by atoms with van der Waals surface area (Å²) in [6, 6.07) is -0.888. The Balaban J connectivity index is 3.86. The minimum Gasteiger partial charge on any atom is -0.469 e. The molecule has 0 spiro atoms. The Kier molecular flexibility index (Phi) is 5.62. The van der Waals surface area contributed by atoms with Gasteiger partial charge in [-0.05, 0) is 0 Å². The van der Waals surface area contributed by atoms with E-state index in [1.165, 1.54) is 14.2 Å². The highest BCUT2D eigenvalue weighted by molar-refractivity contribution is 5.75. The van der Waals surface area contributed by atoms with Gasteiger partial charge in [-0.15, -0.1) is 0 Å². The van der Waals surface area contributed by atoms with Crippen LogP contribution in [0.5, 0.6) is 0 Å². The molecule has 0 rings (SSSR count). The fraction of sp³-hybridized carbons (Fsp3) is 0.750. The van der Waals surface area contributed by atoms with Crippen LogP contribution in [0, 0.1) is 0 Å². The molecule has 8 heteroatoms. The van der Waals surface area contributed by atoms with Gasteiger partial charge in [0.2, 0.25) is 0 Å². The number of halogens is 3. The van der Waals surface area contributed by atoms with E-state index in [9.17, 15) is 22.8 Å². The number of esters is 1. The Bertz CT molecular complexity index is 255. The van der Waals surface area contributed by atoms with Crippen molar-refractivity contribution >= 4 is 12.0 Å². The highest BCUT2D eigenvalue weighted by Crippen LogP contribution is 2.12. The van der Waals surface area contributed by atoms with Gasteiger partial charge >= 0.3 is 18.2 Å². The van der Waals surface area contributed by atoms with Gasteiger partial charge in [0, 0.05) is 13.6 Å². The maximum Gasteiger partial charge on any atom is 0.405 e. The quantitative estimate of drug-likeness (QED) is 0.740. The monoisotopic (exact) mass is 242 g/mol. The van der Waals surface area contributed by atoms with Crippen LogP contribution in [0.2, 0.25) is 0 Å². The largest absolute Gasteiger partial charge is 0.469 e. The third-order valence-corrected chi connectivity index (χ3v) is 1.67. The number of amides is 2. The number of rotatable bonds is 4. The molecule has 0 aliphatic heterocycles. The van der Waals surface area contributed by atoms with Gasteiger partial charge in [0.25, 0.3) is 0 Å². The molecule has 0 unspecified atom stereocenters. The van der Waals surface area contributed by atoms with E-state index in [4.69, 9.17) is 0 Å². The maximum absolute atomic E-state index is 11.7. The second kappa shape index (κ2) is 6.19. The first-order valence-corrected chi connectivity index (χ1v) is 4.39. The minimum absolute atomic E-state index is 0.00361. The van der Waals surface area contributed by atoms with Crippen LogP contribution in [0.15, 0.2) is 0 Å². The first kappa shape index (κ1) is 14.5. The van der Waals surface area contributed by atoms with E-state index < -0.39 is 24.7 Å². The van der Waals surface area contributed by atoms with Gasteiger partial charge in [-0.25, -0.2) is 4.79 Å². The predicted molar refractivity (Wildman–Crippen MR) is 48.7 cm³/mol. The van der Waals surface area contributed by atoms with E-state index in [-0.39, 0.29) is 13.0 Å². The molecule has 0 atom stereocenters. The second-order valence-electron chi connectivity index (χ2n) is 3.02. The third kappa shape index (κ3) is 6.91. The zero-order valence-corrected chi connectivity index (χ0v) is 8.93. The summed E-state index contributed by atoms with van der Waals surface area (Å²) >= 11 is 0. The molecule has 0 aromatic heterocycles. The second-order valence-corrected chi connectivity index (χ2v) is 3.02. The Labute approximate surface area is 90.5 Å². The van der Waals surface area contributed by atoms with Crippen molar-refractivity contribution in [2.75, 3.05) is 27.2 Å². The van der Waals surface area contributed by atoms with Crippen molar-refractivity contribution < 1.29 is 27.5 Å². The Hall–Kier alpha value is -1.47. The number of nitrogens with one attached hydrogen (secondary N) is 1. The number of hydrogen-bond acceptors (Lipinski definition) is 3. The number of methoxy groups -OCH3 is 1. The normalized spacial score (nSPS) is 10.8. The van der Waals surface area contributed by atoms with Crippen LogP contribution >= 0.6 is 0 Å². The molecule has 0 saturated carbocycles. The Morgan fingerprint density at radius 1 is 1.38 bits per heavy atom. The van der Waals surface area contributed by atoms with E-state index >= 15 is 0 Å². The molecule has 0 aliphatic carbocycles. The number of carbonyl (C=O) groups is 2. The van der Waals surface area contributed by atoms with Gasteiger partial charge in [0.05, 0.1) is 13.5 Å². The molecule has 0 saturated heterocycles. The van der Waals surface area contributed by atoms with Gasteiger partial charge in [-0.2, -0.15) is 13.2 Å². The zero-order valence-electron chi connectivity index (χ0n) is 8.93. The summed E-state index contributed by atoms with van der Waals surface area (Å²) in [7, 11) is 2.47. The fourth-order valence-corrected chi connectivity index (χ4v) is 0.773. The van der Waals surface area contributed by atoms with E-state index in [0.717, 1.165) is 4.90 Å². The number of alkyl halides is 3. The first-order valence-electron chi connectivity index (χ1n) is 4.39. The molecule has 16 heavy (non-hydrogen) atoms. The summed E-state index contributed by atoms with van der Waals surface area (Å²) in [5.74, 6) is -0.532. The van der Waals surface area contributed by atoms with Gasteiger partial charge < -0.3 is 15.0 Å². The summed E-state index contributed by atoms with van der Waals surface area (Å²) in [6.45, 7) is -1.40. The fourth-order valence-electron chi connectivity index (χ4n) is 0.773. The zero-order chi connectivity index (χ0) is 12.8. The van der Waals surface area contributed by atoms with Crippen LogP contribution in [0.3, 0.4) is 0 Å². The molecule has 0 bridgehead atoms. The van der Waals surface area contributed by atoms with Gasteiger partial charge in [-0.1, -0.05) is 0 Å². The molecule has 0 radical (unpaired) electrons. The Morgan fingerprint density at radius 3 is 2.38 bits per heavy atom. The number of ether oxygens (including phenoxy) is 1. The molecular weight excluding hydrogens is 229 g/mol. The molecule has 2 amide bonds. The van der Waals surface area contributed by atoms with Crippen molar-refractivity contribution in [3.8, 4) is 0 Å². The molecule has 5 nitrogen and oxygen atoms in total. The Morgan fingerprint density at radius 2 is 1.94 bits per heavy atom. The highest BCUT2D eigenvalue weighted by Gasteiger charge is 2.28. The van der Waals surface area contributed by atoms with Crippen LogP contribution < -0.4 is 5.32 Å². The molecule has 0 heterocycles. The van der Waals surface area contributed by atoms with E-state index in [0.29, 0.717) is 0 Å². The van der Waals surface area contributed by atoms with Crippen LogP contribution in [-0.4, -0.2) is 50.3 Å². The molecule has 94 valence electrons. The maximum atomic E-state index is 11.7. The van der Waals surface area contributed by atoms with Crippen molar-refractivity contribution in [1.29, 1.82) is 0 Å². The standard InChI is InChI=1S/C8H13F3N2O3/c1-13(4-3-6(14)16-2)7(15)12-5-8(9,10)11/h3-5H2,1-2H3,(H,12,15). The number of nitrogens with zero attached hydrogens (tertiary/aromatic N) is 1. The lowest BCUT2D eigenvalue weighted by Crippen LogP contribution is -2.42. The predicted octanol–water partition coefficient (Wildman–Crippen LogP) is 0.753. The number of carbonyl (C=O) groups excluding carboxylic acids is 2. The average Bonchev–Trinajstić information content (AvgIpc) is 2.20. The lowest BCUT2D eigenvalue weighted by Gasteiger charge is -2.17. The first-order chi connectivity index (χ1) is 7.26. The van der Waals surface area contributed by atoms with Gasteiger partial charge in [0.1, 0.15) is 6.54 Å². The van der Waals surface area contributed by atoms with E-state index in [2.05, 4.69) is 4.74 Å². The van der Waals surface area contributed by atoms with Gasteiger partial charge in [-0.3, -0.25) is 4.79 Å². The van der Waals surface area contributed by atoms with Crippen molar-refractivity contribution in [2.24, 2.45) is 0 Å². The average molecular weight is 242 g/mol. The van der Waals surface area contributed by atoms with E-state index in [1.54, 1.807) is 5.32 Å². The molecular formula is C8H13F3N2O3. The lowest BCUT2D eigenvalue weighted by atomic mass is 10.4. The molecule has 0 fully saturated rings. The van der Waals surface area contributed by atoms with Crippen LogP contribution in [0.4, 0.5) is 18.0 Å². The summed E-state index contributed by atoms with van der Waals surface area (Å²) < 4.78 is 39.5. The van der Waals surface area contributed by atoms with Crippen molar-refractivity contribution in [1.82, 2.24) is 10.2 Å². The summed E-state index contributed by atoms with van der Waals surface area (Å²) in [6.07, 6.45) is -4.51. The lowest BCUT2D eigenvalue weighted by molar-refractivity contribution is -0.140. The summed E-state index contributed by atoms with van der Waals surface area (Å²) in [5, 5.41) is 1.67. The van der Waals surface area contributed by atoms with E-state index in [1.807, 2.05) is 0 Å². The SMILES string of the molecule is COC(=O)CCN(C)C(=O)NCC(F)(F)F. The van der Waals surface area contributed by atoms with Crippen molar-refractivity contribution in [3.63, 3.8) is 0 Å². The van der Waals surface area contributed by atoms with Crippen LogP contribution in [0.25, 0.3) is 0 Å². The molecule has 0 aromatic carbocycles. The third-order valence-electron chi connectivity index (χ3n) is 1.67. The van der Waals surface area contributed by atoms with Crippen LogP contribution in [0.1, 0.15) is 6.42 Å². The minimum atomic E-state index is -4.45. The summed E-state index contributed by atoms with van der Waals surface area (Å²) in [5.41, 5.74) is 0. The molecule has 0 aromatic rings. The van der Waals surface area contributed by atoms with Crippen LogP contribution in [-0.2, 0) is 9.53 Å². The highest BCUT2D eigenvalue weighted by atomic mass is 19.4. The summed E-state index contributed by atoms with van der Waals surface area (Å²) in [4.78, 5) is 22.7.